The maximum atomic E-state index is 12.6. The molecule has 0 fully saturated rings. The molecule has 4 heteroatoms. The van der Waals surface area contributed by atoms with Crippen molar-refractivity contribution in [2.24, 2.45) is 0 Å². The number of ketones is 1. The highest BCUT2D eigenvalue weighted by Crippen LogP contribution is 2.34. The van der Waals surface area contributed by atoms with E-state index in [-0.39, 0.29) is 5.78 Å². The largest absolute Gasteiger partial charge is 0.493 e. The van der Waals surface area contributed by atoms with Crippen LogP contribution in [0.1, 0.15) is 27.0 Å². The lowest BCUT2D eigenvalue weighted by Gasteiger charge is -2.10. The molecule has 3 rings (SSSR count). The van der Waals surface area contributed by atoms with Crippen molar-refractivity contribution in [1.29, 1.82) is 0 Å². The van der Waals surface area contributed by atoms with E-state index in [2.05, 4.69) is 22.0 Å². The molecule has 0 saturated heterocycles. The van der Waals surface area contributed by atoms with Crippen molar-refractivity contribution in [3.05, 3.63) is 62.1 Å². The number of aryl methyl sites for hydroxylation is 1. The van der Waals surface area contributed by atoms with Gasteiger partial charge in [0.2, 0.25) is 0 Å². The number of carbonyl (C=O) groups excluding carboxylic acids is 1. The fraction of sp³-hybridized carbons (Fsp3) is 0.235. The molecule has 0 aliphatic carbocycles. The van der Waals surface area contributed by atoms with Crippen LogP contribution in [0.2, 0.25) is 5.02 Å². The highest BCUT2D eigenvalue weighted by molar-refractivity contribution is 9.10. The number of hydrogen-bond acceptors (Lipinski definition) is 2. The summed E-state index contributed by atoms with van der Waals surface area (Å²) in [4.78, 5) is 12.6. The van der Waals surface area contributed by atoms with Gasteiger partial charge in [-0.25, -0.2) is 0 Å². The van der Waals surface area contributed by atoms with E-state index in [1.54, 1.807) is 12.1 Å². The van der Waals surface area contributed by atoms with Gasteiger partial charge in [-0.3, -0.25) is 4.79 Å². The van der Waals surface area contributed by atoms with Gasteiger partial charge in [-0.2, -0.15) is 0 Å². The second kappa shape index (κ2) is 5.82. The van der Waals surface area contributed by atoms with Gasteiger partial charge >= 0.3 is 0 Å². The Kier molecular flexibility index (Phi) is 4.05. The number of fused-ring (bicyclic) bond motifs is 1. The molecule has 0 atom stereocenters. The van der Waals surface area contributed by atoms with Crippen molar-refractivity contribution in [2.45, 2.75) is 19.8 Å². The normalized spacial score (nSPS) is 12.9. The molecule has 0 radical (unpaired) electrons. The Morgan fingerprint density at radius 2 is 2.14 bits per heavy atom. The Morgan fingerprint density at radius 1 is 1.33 bits per heavy atom. The molecule has 2 nitrogen and oxygen atoms in total. The van der Waals surface area contributed by atoms with Crippen molar-refractivity contribution in [1.82, 2.24) is 0 Å². The Balaban J connectivity index is 1.94. The zero-order valence-corrected chi connectivity index (χ0v) is 13.9. The predicted molar refractivity (Wildman–Crippen MR) is 87.6 cm³/mol. The molecule has 1 aliphatic heterocycles. The Hall–Kier alpha value is -1.32. The maximum Gasteiger partial charge on any atom is 0.167 e. The Labute approximate surface area is 137 Å². The highest BCUT2D eigenvalue weighted by Gasteiger charge is 2.20. The third-order valence-corrected chi connectivity index (χ3v) is 4.37. The minimum Gasteiger partial charge on any atom is -0.493 e. The van der Waals surface area contributed by atoms with Crippen LogP contribution in [0.5, 0.6) is 5.75 Å². The van der Waals surface area contributed by atoms with E-state index in [0.29, 0.717) is 23.6 Å². The lowest BCUT2D eigenvalue weighted by Crippen LogP contribution is -2.07. The number of benzene rings is 2. The summed E-state index contributed by atoms with van der Waals surface area (Å²) in [7, 11) is 0. The first-order chi connectivity index (χ1) is 10.0. The molecule has 0 amide bonds. The average molecular weight is 366 g/mol. The Bertz CT molecular complexity index is 725. The summed E-state index contributed by atoms with van der Waals surface area (Å²) < 4.78 is 6.66. The van der Waals surface area contributed by atoms with Crippen LogP contribution < -0.4 is 4.74 Å². The molecular formula is C17H14BrClO2. The summed E-state index contributed by atoms with van der Waals surface area (Å²) in [5.74, 6) is 0.928. The lowest BCUT2D eigenvalue weighted by molar-refractivity contribution is 0.0991. The number of Topliss-reactive ketones (excluding diaryl/α,β-unsaturated/α-hetero) is 1. The maximum absolute atomic E-state index is 12.6. The molecule has 0 bridgehead atoms. The lowest BCUT2D eigenvalue weighted by atomic mass is 9.97. The summed E-state index contributed by atoms with van der Waals surface area (Å²) in [5.41, 5.74) is 3.71. The van der Waals surface area contributed by atoms with Crippen molar-refractivity contribution in [3.63, 3.8) is 0 Å². The first-order valence-electron chi connectivity index (χ1n) is 6.78. The van der Waals surface area contributed by atoms with E-state index in [1.165, 1.54) is 0 Å². The number of rotatable bonds is 3. The van der Waals surface area contributed by atoms with Crippen LogP contribution >= 0.6 is 27.5 Å². The third-order valence-electron chi connectivity index (χ3n) is 3.68. The van der Waals surface area contributed by atoms with E-state index in [0.717, 1.165) is 33.3 Å². The van der Waals surface area contributed by atoms with Gasteiger partial charge in [0.05, 0.1) is 6.61 Å². The highest BCUT2D eigenvalue weighted by atomic mass is 79.9. The SMILES string of the molecule is Cc1ccc(Cl)cc1C(=O)Cc1cc(Br)cc2c1OCC2. The van der Waals surface area contributed by atoms with Gasteiger partial charge in [-0.15, -0.1) is 0 Å². The van der Waals surface area contributed by atoms with Crippen molar-refractivity contribution < 1.29 is 9.53 Å². The second-order valence-corrected chi connectivity index (χ2v) is 6.56. The van der Waals surface area contributed by atoms with Crippen LogP contribution in [0.3, 0.4) is 0 Å². The van der Waals surface area contributed by atoms with Gasteiger partial charge in [0.25, 0.3) is 0 Å². The molecule has 0 aromatic heterocycles. The van der Waals surface area contributed by atoms with Gasteiger partial charge in [0, 0.05) is 33.5 Å². The fourth-order valence-electron chi connectivity index (χ4n) is 2.64. The summed E-state index contributed by atoms with van der Waals surface area (Å²) in [6.45, 7) is 2.61. The van der Waals surface area contributed by atoms with E-state index in [1.807, 2.05) is 19.1 Å². The molecule has 108 valence electrons. The molecule has 0 unspecified atom stereocenters. The monoisotopic (exact) mass is 364 g/mol. The second-order valence-electron chi connectivity index (χ2n) is 5.21. The zero-order chi connectivity index (χ0) is 15.0. The van der Waals surface area contributed by atoms with Crippen LogP contribution in [0.25, 0.3) is 0 Å². The molecule has 0 N–H and O–H groups in total. The quantitative estimate of drug-likeness (QED) is 0.732. The number of hydrogen-bond donors (Lipinski definition) is 0. The fourth-order valence-corrected chi connectivity index (χ4v) is 3.36. The zero-order valence-electron chi connectivity index (χ0n) is 11.6. The van der Waals surface area contributed by atoms with Crippen LogP contribution in [-0.2, 0) is 12.8 Å². The topological polar surface area (TPSA) is 26.3 Å². The van der Waals surface area contributed by atoms with Crippen molar-refractivity contribution >= 4 is 33.3 Å². The van der Waals surface area contributed by atoms with E-state index in [9.17, 15) is 4.79 Å². The van der Waals surface area contributed by atoms with Gasteiger partial charge in [-0.1, -0.05) is 33.6 Å². The van der Waals surface area contributed by atoms with Gasteiger partial charge in [0.15, 0.2) is 5.78 Å². The summed E-state index contributed by atoms with van der Waals surface area (Å²) in [6, 6.07) is 9.42. The van der Waals surface area contributed by atoms with Crippen molar-refractivity contribution in [3.8, 4) is 5.75 Å². The Morgan fingerprint density at radius 3 is 2.95 bits per heavy atom. The van der Waals surface area contributed by atoms with E-state index in [4.69, 9.17) is 16.3 Å². The van der Waals surface area contributed by atoms with Gasteiger partial charge < -0.3 is 4.74 Å². The predicted octanol–water partition coefficient (Wildman–Crippen LogP) is 4.77. The van der Waals surface area contributed by atoms with Crippen molar-refractivity contribution in [2.75, 3.05) is 6.61 Å². The number of ether oxygens (including phenoxy) is 1. The van der Waals surface area contributed by atoms with Crippen LogP contribution in [-0.4, -0.2) is 12.4 Å². The standard InChI is InChI=1S/C17H14BrClO2/c1-10-2-3-14(19)9-15(10)16(20)8-12-7-13(18)6-11-4-5-21-17(11)12/h2-3,6-7,9H,4-5,8H2,1H3. The van der Waals surface area contributed by atoms with Crippen LogP contribution in [0.15, 0.2) is 34.8 Å². The molecule has 0 saturated carbocycles. The molecule has 2 aromatic rings. The minimum absolute atomic E-state index is 0.0609. The smallest absolute Gasteiger partial charge is 0.167 e. The van der Waals surface area contributed by atoms with E-state index >= 15 is 0 Å². The molecule has 2 aromatic carbocycles. The molecule has 1 heterocycles. The van der Waals surface area contributed by atoms with E-state index < -0.39 is 0 Å². The number of carbonyl (C=O) groups is 1. The molecule has 0 spiro atoms. The summed E-state index contributed by atoms with van der Waals surface area (Å²) in [5, 5.41) is 0.583. The first-order valence-corrected chi connectivity index (χ1v) is 7.95. The number of halogens is 2. The molecule has 21 heavy (non-hydrogen) atoms. The molecule has 1 aliphatic rings. The van der Waals surface area contributed by atoms with Gasteiger partial charge in [0.1, 0.15) is 5.75 Å². The van der Waals surface area contributed by atoms with Crippen LogP contribution in [0, 0.1) is 6.92 Å². The molecular weight excluding hydrogens is 352 g/mol. The third kappa shape index (κ3) is 2.99. The van der Waals surface area contributed by atoms with Gasteiger partial charge in [-0.05, 0) is 42.3 Å². The summed E-state index contributed by atoms with van der Waals surface area (Å²) >= 11 is 9.50. The minimum atomic E-state index is 0.0609. The first kappa shape index (κ1) is 14.6. The average Bonchev–Trinajstić information content (AvgIpc) is 2.89. The summed E-state index contributed by atoms with van der Waals surface area (Å²) in [6.07, 6.45) is 1.22. The van der Waals surface area contributed by atoms with Crippen LogP contribution in [0.4, 0.5) is 0 Å².